The van der Waals surface area contributed by atoms with Crippen LogP contribution in [0.4, 0.5) is 4.39 Å². The molecule has 108 valence electrons. The van der Waals surface area contributed by atoms with Crippen LogP contribution >= 0.6 is 11.3 Å². The molecule has 7 heteroatoms. The molecule has 0 aliphatic rings. The maximum absolute atomic E-state index is 13.3. The Bertz CT molecular complexity index is 684. The highest BCUT2D eigenvalue weighted by Gasteiger charge is 2.24. The highest BCUT2D eigenvalue weighted by molar-refractivity contribution is 7.89. The van der Waals surface area contributed by atoms with Crippen LogP contribution in [0, 0.1) is 5.82 Å². The van der Waals surface area contributed by atoms with Gasteiger partial charge >= 0.3 is 0 Å². The van der Waals surface area contributed by atoms with Gasteiger partial charge in [0.25, 0.3) is 0 Å². The van der Waals surface area contributed by atoms with E-state index < -0.39 is 22.4 Å². The second kappa shape index (κ2) is 6.01. The third kappa shape index (κ3) is 3.06. The number of rotatable bonds is 5. The van der Waals surface area contributed by atoms with Crippen molar-refractivity contribution in [2.45, 2.75) is 18.0 Å². The van der Waals surface area contributed by atoms with E-state index >= 15 is 0 Å². The Kier molecular flexibility index (Phi) is 4.54. The third-order valence-electron chi connectivity index (χ3n) is 2.87. The topological polar surface area (TPSA) is 57.6 Å². The molecule has 4 nitrogen and oxygen atoms in total. The summed E-state index contributed by atoms with van der Waals surface area (Å²) in [6, 6.07) is 5.17. The third-order valence-corrected chi connectivity index (χ3v) is 5.49. The molecule has 1 aromatic carbocycles. The van der Waals surface area contributed by atoms with Gasteiger partial charge in [-0.15, -0.1) is 0 Å². The molecule has 0 amide bonds. The van der Waals surface area contributed by atoms with Gasteiger partial charge in [-0.05, 0) is 40.1 Å². The molecule has 0 bridgehead atoms. The maximum Gasteiger partial charge on any atom is 0.243 e. The molecule has 1 heterocycles. The Balaban J connectivity index is 2.36. The van der Waals surface area contributed by atoms with Crippen LogP contribution in [0.25, 0.3) is 0 Å². The van der Waals surface area contributed by atoms with Crippen LogP contribution in [0.5, 0.6) is 0 Å². The van der Waals surface area contributed by atoms with Gasteiger partial charge in [0.2, 0.25) is 10.0 Å². The number of aliphatic hydroxyl groups is 1. The van der Waals surface area contributed by atoms with E-state index in [1.165, 1.54) is 24.5 Å². The first-order valence-electron chi connectivity index (χ1n) is 5.82. The predicted molar refractivity (Wildman–Crippen MR) is 75.3 cm³/mol. The summed E-state index contributed by atoms with van der Waals surface area (Å²) in [6.07, 6.45) is 0. The summed E-state index contributed by atoms with van der Waals surface area (Å²) in [5, 5.41) is 12.9. The summed E-state index contributed by atoms with van der Waals surface area (Å²) >= 11 is 1.48. The van der Waals surface area contributed by atoms with Crippen molar-refractivity contribution in [3.63, 3.8) is 0 Å². The maximum atomic E-state index is 13.3. The first-order valence-corrected chi connectivity index (χ1v) is 8.20. The molecular weight excluding hydrogens is 301 g/mol. The van der Waals surface area contributed by atoms with Crippen LogP contribution in [0.3, 0.4) is 0 Å². The Morgan fingerprint density at radius 2 is 2.10 bits per heavy atom. The van der Waals surface area contributed by atoms with Crippen molar-refractivity contribution in [1.29, 1.82) is 0 Å². The fourth-order valence-corrected chi connectivity index (χ4v) is 3.83. The number of benzene rings is 1. The Morgan fingerprint density at radius 3 is 2.70 bits per heavy atom. The number of nitrogens with zero attached hydrogens (tertiary/aromatic N) is 1. The van der Waals surface area contributed by atoms with E-state index in [9.17, 15) is 17.9 Å². The van der Waals surface area contributed by atoms with Gasteiger partial charge in [-0.2, -0.15) is 15.6 Å². The van der Waals surface area contributed by atoms with Crippen molar-refractivity contribution >= 4 is 21.4 Å². The molecule has 2 aromatic rings. The lowest BCUT2D eigenvalue weighted by atomic mass is 10.2. The monoisotopic (exact) mass is 315 g/mol. The molecule has 0 saturated heterocycles. The number of sulfonamides is 1. The van der Waals surface area contributed by atoms with Crippen molar-refractivity contribution in [2.24, 2.45) is 0 Å². The lowest BCUT2D eigenvalue weighted by Gasteiger charge is -2.18. The first kappa shape index (κ1) is 15.1. The van der Waals surface area contributed by atoms with Gasteiger partial charge < -0.3 is 5.11 Å². The highest BCUT2D eigenvalue weighted by Crippen LogP contribution is 2.22. The zero-order valence-electron chi connectivity index (χ0n) is 10.8. The van der Waals surface area contributed by atoms with Gasteiger partial charge in [-0.1, -0.05) is 6.07 Å². The molecule has 1 N–H and O–H groups in total. The molecule has 0 fully saturated rings. The second-order valence-electron chi connectivity index (χ2n) is 4.30. The van der Waals surface area contributed by atoms with Crippen molar-refractivity contribution < 1.29 is 17.9 Å². The van der Waals surface area contributed by atoms with Gasteiger partial charge in [-0.3, -0.25) is 0 Å². The SMILES string of the molecule is CN(Cc1ccsc1)S(=O)(=O)c1cc(F)ccc1CO. The molecule has 0 saturated carbocycles. The molecule has 0 spiro atoms. The van der Waals surface area contributed by atoms with Gasteiger partial charge in [0.05, 0.1) is 11.5 Å². The van der Waals surface area contributed by atoms with E-state index in [0.29, 0.717) is 0 Å². The Labute approximate surface area is 121 Å². The molecule has 0 unspecified atom stereocenters. The van der Waals surface area contributed by atoms with E-state index in [0.717, 1.165) is 22.0 Å². The first-order chi connectivity index (χ1) is 9.45. The van der Waals surface area contributed by atoms with Crippen LogP contribution in [0.15, 0.2) is 39.9 Å². The Hall–Kier alpha value is -1.28. The average molecular weight is 315 g/mol. The minimum absolute atomic E-state index is 0.184. The molecule has 0 atom stereocenters. The van der Waals surface area contributed by atoms with Crippen molar-refractivity contribution in [1.82, 2.24) is 4.31 Å². The summed E-state index contributed by atoms with van der Waals surface area (Å²) in [4.78, 5) is -0.197. The van der Waals surface area contributed by atoms with E-state index in [1.54, 1.807) is 0 Å². The fourth-order valence-electron chi connectivity index (χ4n) is 1.79. The summed E-state index contributed by atoms with van der Waals surface area (Å²) in [5.41, 5.74) is 1.05. The number of halogens is 1. The number of hydrogen-bond donors (Lipinski definition) is 1. The molecule has 20 heavy (non-hydrogen) atoms. The van der Waals surface area contributed by atoms with Gasteiger partial charge in [0, 0.05) is 13.6 Å². The molecule has 1 aromatic heterocycles. The highest BCUT2D eigenvalue weighted by atomic mass is 32.2. The number of hydrogen-bond acceptors (Lipinski definition) is 4. The summed E-state index contributed by atoms with van der Waals surface area (Å²) in [6.45, 7) is -0.256. The van der Waals surface area contributed by atoms with Crippen LogP contribution in [-0.2, 0) is 23.2 Å². The smallest absolute Gasteiger partial charge is 0.243 e. The van der Waals surface area contributed by atoms with E-state index in [2.05, 4.69) is 0 Å². The zero-order valence-corrected chi connectivity index (χ0v) is 12.4. The lowest BCUT2D eigenvalue weighted by molar-refractivity contribution is 0.278. The van der Waals surface area contributed by atoms with Crippen LogP contribution in [-0.4, -0.2) is 24.9 Å². The van der Waals surface area contributed by atoms with Crippen LogP contribution < -0.4 is 0 Å². The average Bonchev–Trinajstić information content (AvgIpc) is 2.91. The van der Waals surface area contributed by atoms with E-state index in [4.69, 9.17) is 0 Å². The molecule has 0 aliphatic carbocycles. The second-order valence-corrected chi connectivity index (χ2v) is 7.10. The minimum Gasteiger partial charge on any atom is -0.392 e. The zero-order chi connectivity index (χ0) is 14.8. The van der Waals surface area contributed by atoms with Crippen molar-refractivity contribution in [3.8, 4) is 0 Å². The fraction of sp³-hybridized carbons (Fsp3) is 0.231. The largest absolute Gasteiger partial charge is 0.392 e. The van der Waals surface area contributed by atoms with Crippen molar-refractivity contribution in [2.75, 3.05) is 7.05 Å². The molecular formula is C13H14FNO3S2. The quantitative estimate of drug-likeness (QED) is 0.920. The summed E-state index contributed by atoms with van der Waals surface area (Å²) < 4.78 is 39.3. The molecule has 0 aliphatic heterocycles. The lowest BCUT2D eigenvalue weighted by Crippen LogP contribution is -2.27. The number of aliphatic hydroxyl groups excluding tert-OH is 1. The predicted octanol–water partition coefficient (Wildman–Crippen LogP) is 2.20. The summed E-state index contributed by atoms with van der Waals surface area (Å²) in [7, 11) is -2.41. The summed E-state index contributed by atoms with van der Waals surface area (Å²) in [5.74, 6) is -0.648. The Morgan fingerprint density at radius 1 is 1.35 bits per heavy atom. The number of thiophene rings is 1. The standard InChI is InChI=1S/C13H14FNO3S2/c1-15(7-10-4-5-19-9-10)20(17,18)13-6-12(14)3-2-11(13)8-16/h2-6,9,16H,7-8H2,1H3. The van der Waals surface area contributed by atoms with Crippen LogP contribution in [0.1, 0.15) is 11.1 Å². The van der Waals surface area contributed by atoms with Crippen LogP contribution in [0.2, 0.25) is 0 Å². The van der Waals surface area contributed by atoms with Gasteiger partial charge in [0.15, 0.2) is 0 Å². The normalized spacial score (nSPS) is 12.0. The molecule has 2 rings (SSSR count). The van der Waals surface area contributed by atoms with Gasteiger partial charge in [-0.25, -0.2) is 12.8 Å². The minimum atomic E-state index is -3.84. The van der Waals surface area contributed by atoms with E-state index in [1.807, 2.05) is 16.8 Å². The van der Waals surface area contributed by atoms with E-state index in [-0.39, 0.29) is 17.0 Å². The van der Waals surface area contributed by atoms with Gasteiger partial charge in [0.1, 0.15) is 5.82 Å². The molecule has 0 radical (unpaired) electrons. The van der Waals surface area contributed by atoms with Crippen molar-refractivity contribution in [3.05, 3.63) is 52.0 Å².